The number of hydrogen-bond donors (Lipinski definition) is 3. The summed E-state index contributed by atoms with van der Waals surface area (Å²) in [7, 11) is 0. The SMILES string of the molecule is CCOC(=O)CCCCOc1ccc(OCO)cc1Cc1cnc2nc(N)nc(N)c2c1C. The summed E-state index contributed by atoms with van der Waals surface area (Å²) in [5.74, 6) is 1.35. The summed E-state index contributed by atoms with van der Waals surface area (Å²) >= 11 is 0. The van der Waals surface area contributed by atoms with Crippen molar-refractivity contribution in [2.45, 2.75) is 39.5 Å². The fourth-order valence-electron chi connectivity index (χ4n) is 3.50. The molecule has 2 aromatic heterocycles. The number of anilines is 2. The molecule has 0 spiro atoms. The fourth-order valence-corrected chi connectivity index (χ4v) is 3.50. The van der Waals surface area contributed by atoms with Gasteiger partial charge in [-0.15, -0.1) is 0 Å². The lowest BCUT2D eigenvalue weighted by atomic mass is 9.99. The Morgan fingerprint density at radius 3 is 2.70 bits per heavy atom. The van der Waals surface area contributed by atoms with E-state index in [0.29, 0.717) is 61.4 Å². The minimum atomic E-state index is -0.431. The molecule has 0 amide bonds. The monoisotopic (exact) mass is 455 g/mol. The van der Waals surface area contributed by atoms with Crippen molar-refractivity contribution in [2.24, 2.45) is 0 Å². The summed E-state index contributed by atoms with van der Waals surface area (Å²) in [6, 6.07) is 5.35. The summed E-state index contributed by atoms with van der Waals surface area (Å²) < 4.78 is 16.2. The number of hydrogen-bond acceptors (Lipinski definition) is 10. The lowest BCUT2D eigenvalue weighted by molar-refractivity contribution is -0.143. The molecule has 33 heavy (non-hydrogen) atoms. The third-order valence-electron chi connectivity index (χ3n) is 5.12. The number of aliphatic hydroxyl groups excluding tert-OH is 1. The summed E-state index contributed by atoms with van der Waals surface area (Å²) in [5.41, 5.74) is 14.9. The van der Waals surface area contributed by atoms with Crippen molar-refractivity contribution in [2.75, 3.05) is 31.5 Å². The zero-order valence-corrected chi connectivity index (χ0v) is 18.8. The van der Waals surface area contributed by atoms with Gasteiger partial charge in [0.05, 0.1) is 18.6 Å². The molecule has 176 valence electrons. The van der Waals surface area contributed by atoms with Gasteiger partial charge in [0.25, 0.3) is 0 Å². The van der Waals surface area contributed by atoms with E-state index in [1.54, 1.807) is 25.3 Å². The van der Waals surface area contributed by atoms with E-state index in [9.17, 15) is 4.79 Å². The number of fused-ring (bicyclic) bond motifs is 1. The van der Waals surface area contributed by atoms with E-state index >= 15 is 0 Å². The van der Waals surface area contributed by atoms with Gasteiger partial charge >= 0.3 is 5.97 Å². The largest absolute Gasteiger partial charge is 0.493 e. The second-order valence-electron chi connectivity index (χ2n) is 7.40. The van der Waals surface area contributed by atoms with Gasteiger partial charge in [-0.3, -0.25) is 4.79 Å². The highest BCUT2D eigenvalue weighted by molar-refractivity contribution is 5.90. The minimum absolute atomic E-state index is 0.0761. The van der Waals surface area contributed by atoms with E-state index in [0.717, 1.165) is 16.7 Å². The van der Waals surface area contributed by atoms with Crippen LogP contribution in [0.4, 0.5) is 11.8 Å². The number of nitrogen functional groups attached to an aromatic ring is 2. The zero-order valence-electron chi connectivity index (χ0n) is 18.8. The van der Waals surface area contributed by atoms with Crippen LogP contribution in [-0.2, 0) is 16.0 Å². The lowest BCUT2D eigenvalue weighted by Crippen LogP contribution is -2.07. The normalized spacial score (nSPS) is 10.9. The molecule has 1 aromatic carbocycles. The number of benzene rings is 1. The molecule has 0 radical (unpaired) electrons. The first-order valence-electron chi connectivity index (χ1n) is 10.7. The minimum Gasteiger partial charge on any atom is -0.493 e. The van der Waals surface area contributed by atoms with E-state index in [4.69, 9.17) is 30.8 Å². The van der Waals surface area contributed by atoms with E-state index in [-0.39, 0.29) is 17.7 Å². The van der Waals surface area contributed by atoms with Crippen molar-refractivity contribution in [1.82, 2.24) is 15.0 Å². The quantitative estimate of drug-likeness (QED) is 0.223. The molecule has 3 aromatic rings. The van der Waals surface area contributed by atoms with Gasteiger partial charge in [-0.05, 0) is 56.0 Å². The Hall–Kier alpha value is -3.66. The zero-order chi connectivity index (χ0) is 23.8. The summed E-state index contributed by atoms with van der Waals surface area (Å²) in [6.07, 6.45) is 3.96. The molecule has 0 aliphatic heterocycles. The Morgan fingerprint density at radius 2 is 1.94 bits per heavy atom. The molecule has 0 unspecified atom stereocenters. The number of aryl methyl sites for hydroxylation is 1. The fraction of sp³-hybridized carbons (Fsp3) is 0.391. The van der Waals surface area contributed by atoms with Gasteiger partial charge in [0.15, 0.2) is 12.4 Å². The Balaban J connectivity index is 1.79. The van der Waals surface area contributed by atoms with Gasteiger partial charge < -0.3 is 30.8 Å². The predicted octanol–water partition coefficient (Wildman–Crippen LogP) is 2.53. The van der Waals surface area contributed by atoms with Crippen LogP contribution in [0.25, 0.3) is 11.0 Å². The highest BCUT2D eigenvalue weighted by Gasteiger charge is 2.14. The predicted molar refractivity (Wildman–Crippen MR) is 124 cm³/mol. The first-order valence-corrected chi connectivity index (χ1v) is 10.7. The number of unbranched alkanes of at least 4 members (excludes halogenated alkanes) is 1. The third-order valence-corrected chi connectivity index (χ3v) is 5.12. The van der Waals surface area contributed by atoms with Crippen molar-refractivity contribution < 1.29 is 24.1 Å². The topological polar surface area (TPSA) is 156 Å². The number of pyridine rings is 1. The van der Waals surface area contributed by atoms with E-state index < -0.39 is 6.79 Å². The molecule has 0 atom stereocenters. The van der Waals surface area contributed by atoms with Crippen LogP contribution >= 0.6 is 0 Å². The smallest absolute Gasteiger partial charge is 0.305 e. The number of carbonyl (C=O) groups is 1. The van der Waals surface area contributed by atoms with Crippen molar-refractivity contribution in [3.8, 4) is 11.5 Å². The molecular weight excluding hydrogens is 426 g/mol. The average molecular weight is 456 g/mol. The van der Waals surface area contributed by atoms with Gasteiger partial charge in [0.1, 0.15) is 17.3 Å². The molecule has 0 aliphatic carbocycles. The molecule has 0 saturated carbocycles. The van der Waals surface area contributed by atoms with Crippen LogP contribution in [0.3, 0.4) is 0 Å². The molecule has 0 aliphatic rings. The van der Waals surface area contributed by atoms with Gasteiger partial charge in [-0.25, -0.2) is 4.98 Å². The maximum atomic E-state index is 11.5. The summed E-state index contributed by atoms with van der Waals surface area (Å²) in [5, 5.41) is 9.79. The van der Waals surface area contributed by atoms with Crippen molar-refractivity contribution in [1.29, 1.82) is 0 Å². The second kappa shape index (κ2) is 11.3. The molecule has 2 heterocycles. The van der Waals surface area contributed by atoms with Gasteiger partial charge in [0, 0.05) is 24.6 Å². The first kappa shape index (κ1) is 24.0. The maximum Gasteiger partial charge on any atom is 0.305 e. The Bertz CT molecular complexity index is 1120. The molecule has 0 saturated heterocycles. The van der Waals surface area contributed by atoms with Crippen LogP contribution in [0.1, 0.15) is 42.9 Å². The van der Waals surface area contributed by atoms with Crippen LogP contribution in [0, 0.1) is 6.92 Å². The average Bonchev–Trinajstić information content (AvgIpc) is 2.76. The number of nitrogens with two attached hydrogens (primary N) is 2. The van der Waals surface area contributed by atoms with Crippen LogP contribution in [0.5, 0.6) is 11.5 Å². The van der Waals surface area contributed by atoms with Crippen LogP contribution in [0.2, 0.25) is 0 Å². The second-order valence-corrected chi connectivity index (χ2v) is 7.40. The molecule has 0 fully saturated rings. The third kappa shape index (κ3) is 6.19. The van der Waals surface area contributed by atoms with Crippen molar-refractivity contribution in [3.63, 3.8) is 0 Å². The number of carbonyl (C=O) groups excluding carboxylic acids is 1. The van der Waals surface area contributed by atoms with E-state index in [1.165, 1.54) is 0 Å². The van der Waals surface area contributed by atoms with Crippen LogP contribution in [-0.4, -0.2) is 46.0 Å². The number of aliphatic hydroxyl groups is 1. The summed E-state index contributed by atoms with van der Waals surface area (Å²) in [4.78, 5) is 24.1. The Labute approximate surface area is 191 Å². The standard InChI is InChI=1S/C23H29N5O5/c1-3-31-19(30)6-4-5-9-32-18-8-7-17(33-13-29)11-15(18)10-16-12-26-22-20(14(16)2)21(24)27-23(25)28-22/h7-8,11-12,29H,3-6,9-10,13H2,1-2H3,(H4,24,25,26,27,28). The van der Waals surface area contributed by atoms with Gasteiger partial charge in [-0.2, -0.15) is 9.97 Å². The number of aromatic nitrogens is 3. The van der Waals surface area contributed by atoms with E-state index in [1.807, 2.05) is 13.0 Å². The molecule has 0 bridgehead atoms. The number of ether oxygens (including phenoxy) is 3. The molecule has 3 rings (SSSR count). The van der Waals surface area contributed by atoms with Crippen molar-refractivity contribution >= 4 is 28.8 Å². The highest BCUT2D eigenvalue weighted by atomic mass is 16.6. The number of rotatable bonds is 11. The Kier molecular flexibility index (Phi) is 8.20. The molecule has 10 nitrogen and oxygen atoms in total. The summed E-state index contributed by atoms with van der Waals surface area (Å²) in [6.45, 7) is 4.12. The number of nitrogens with zero attached hydrogens (tertiary/aromatic N) is 3. The lowest BCUT2D eigenvalue weighted by Gasteiger charge is -2.15. The van der Waals surface area contributed by atoms with Crippen LogP contribution in [0.15, 0.2) is 24.4 Å². The molecule has 5 N–H and O–H groups in total. The van der Waals surface area contributed by atoms with Gasteiger partial charge in [0.2, 0.25) is 5.95 Å². The number of esters is 1. The molecular formula is C23H29N5O5. The Morgan fingerprint density at radius 1 is 1.12 bits per heavy atom. The van der Waals surface area contributed by atoms with Crippen LogP contribution < -0.4 is 20.9 Å². The highest BCUT2D eigenvalue weighted by Crippen LogP contribution is 2.30. The maximum absolute atomic E-state index is 11.5. The molecule has 10 heteroatoms. The van der Waals surface area contributed by atoms with Crippen molar-refractivity contribution in [3.05, 3.63) is 41.1 Å². The van der Waals surface area contributed by atoms with Gasteiger partial charge in [-0.1, -0.05) is 0 Å². The van der Waals surface area contributed by atoms with E-state index in [2.05, 4.69) is 15.0 Å². The first-order chi connectivity index (χ1) is 15.9.